The van der Waals surface area contributed by atoms with Gasteiger partial charge in [-0.15, -0.1) is 0 Å². The molecule has 2 aromatic carbocycles. The van der Waals surface area contributed by atoms with Gasteiger partial charge in [0.1, 0.15) is 0 Å². The maximum atomic E-state index is 12.6. The number of ketones is 1. The Balaban J connectivity index is 1.50. The number of carbonyl (C=O) groups excluding carboxylic acids is 2. The van der Waals surface area contributed by atoms with E-state index in [9.17, 15) is 9.59 Å². The van der Waals surface area contributed by atoms with Crippen LogP contribution >= 0.6 is 11.6 Å². The maximum Gasteiger partial charge on any atom is 0.241 e. The van der Waals surface area contributed by atoms with Crippen molar-refractivity contribution in [2.24, 2.45) is 0 Å². The largest absolute Gasteiger partial charge is 0.325 e. The van der Waals surface area contributed by atoms with Gasteiger partial charge >= 0.3 is 0 Å². The fraction of sp³-hybridized carbons (Fsp3) is 0.364. The van der Waals surface area contributed by atoms with Crippen molar-refractivity contribution in [3.8, 4) is 0 Å². The number of rotatable bonds is 6. The first-order valence-electron chi connectivity index (χ1n) is 9.55. The Labute approximate surface area is 171 Å². The molecule has 1 N–H and O–H groups in total. The zero-order chi connectivity index (χ0) is 20.1. The lowest BCUT2D eigenvalue weighted by molar-refractivity contribution is -0.121. The third-order valence-corrected chi connectivity index (χ3v) is 5.44. The lowest BCUT2D eigenvalue weighted by Crippen LogP contribution is -2.52. The molecule has 0 spiro atoms. The van der Waals surface area contributed by atoms with Gasteiger partial charge in [-0.3, -0.25) is 19.4 Å². The van der Waals surface area contributed by atoms with E-state index >= 15 is 0 Å². The van der Waals surface area contributed by atoms with Gasteiger partial charge in [-0.05, 0) is 43.7 Å². The first-order valence-corrected chi connectivity index (χ1v) is 9.93. The summed E-state index contributed by atoms with van der Waals surface area (Å²) in [4.78, 5) is 28.7. The van der Waals surface area contributed by atoms with Gasteiger partial charge < -0.3 is 5.32 Å². The van der Waals surface area contributed by atoms with Crippen LogP contribution in [0.1, 0.15) is 29.8 Å². The van der Waals surface area contributed by atoms with Gasteiger partial charge in [0.05, 0.1) is 6.04 Å². The Morgan fingerprint density at radius 2 is 1.75 bits per heavy atom. The van der Waals surface area contributed by atoms with Crippen LogP contribution in [0, 0.1) is 0 Å². The number of halogens is 1. The minimum atomic E-state index is -0.223. The highest BCUT2D eigenvalue weighted by atomic mass is 35.5. The molecule has 6 heteroatoms. The number of hydrogen-bond acceptors (Lipinski definition) is 4. The number of hydrogen-bond donors (Lipinski definition) is 1. The highest BCUT2D eigenvalue weighted by Gasteiger charge is 2.25. The average Bonchev–Trinajstić information content (AvgIpc) is 2.70. The Morgan fingerprint density at radius 1 is 1.07 bits per heavy atom. The predicted octanol–water partition coefficient (Wildman–Crippen LogP) is 3.69. The van der Waals surface area contributed by atoms with Gasteiger partial charge in [0, 0.05) is 49.0 Å². The molecule has 1 atom stereocenters. The van der Waals surface area contributed by atoms with E-state index in [-0.39, 0.29) is 17.7 Å². The molecule has 148 valence electrons. The van der Waals surface area contributed by atoms with E-state index in [1.165, 1.54) is 12.5 Å². The molecule has 0 aromatic heterocycles. The number of anilines is 1. The van der Waals surface area contributed by atoms with E-state index in [0.29, 0.717) is 11.3 Å². The number of amides is 1. The van der Waals surface area contributed by atoms with Gasteiger partial charge in [-0.2, -0.15) is 0 Å². The van der Waals surface area contributed by atoms with Crippen LogP contribution in [-0.2, 0) is 11.3 Å². The summed E-state index contributed by atoms with van der Waals surface area (Å²) in [6.07, 6.45) is 0. The summed E-state index contributed by atoms with van der Waals surface area (Å²) < 4.78 is 0. The van der Waals surface area contributed by atoms with Gasteiger partial charge in [0.2, 0.25) is 5.91 Å². The van der Waals surface area contributed by atoms with Crippen LogP contribution in [0.15, 0.2) is 48.5 Å². The summed E-state index contributed by atoms with van der Waals surface area (Å²) in [7, 11) is 0. The molecule has 0 bridgehead atoms. The summed E-state index contributed by atoms with van der Waals surface area (Å²) in [5.41, 5.74) is 2.50. The van der Waals surface area contributed by atoms with E-state index < -0.39 is 0 Å². The van der Waals surface area contributed by atoms with Crippen molar-refractivity contribution in [2.75, 3.05) is 31.5 Å². The summed E-state index contributed by atoms with van der Waals surface area (Å²) in [5, 5.41) is 3.68. The van der Waals surface area contributed by atoms with Crippen molar-refractivity contribution in [3.63, 3.8) is 0 Å². The summed E-state index contributed by atoms with van der Waals surface area (Å²) >= 11 is 5.95. The molecule has 0 radical (unpaired) electrons. The topological polar surface area (TPSA) is 52.7 Å². The molecular formula is C22H26ClN3O2. The monoisotopic (exact) mass is 399 g/mol. The highest BCUT2D eigenvalue weighted by molar-refractivity contribution is 6.30. The highest BCUT2D eigenvalue weighted by Crippen LogP contribution is 2.16. The molecule has 5 nitrogen and oxygen atoms in total. The first kappa shape index (κ1) is 20.5. The smallest absolute Gasteiger partial charge is 0.241 e. The second-order valence-corrected chi connectivity index (χ2v) is 7.68. The molecule has 1 heterocycles. The summed E-state index contributed by atoms with van der Waals surface area (Å²) in [6.45, 7) is 7.86. The molecule has 3 rings (SSSR count). The Bertz CT molecular complexity index is 830. The average molecular weight is 400 g/mol. The van der Waals surface area contributed by atoms with Crippen LogP contribution in [0.3, 0.4) is 0 Å². The van der Waals surface area contributed by atoms with E-state index in [0.717, 1.165) is 37.7 Å². The number of benzene rings is 2. The summed E-state index contributed by atoms with van der Waals surface area (Å²) in [6, 6.07) is 14.8. The molecule has 28 heavy (non-hydrogen) atoms. The van der Waals surface area contributed by atoms with Crippen LogP contribution in [0.4, 0.5) is 5.69 Å². The molecule has 0 unspecified atom stereocenters. The van der Waals surface area contributed by atoms with E-state index in [1.807, 2.05) is 19.1 Å². The lowest BCUT2D eigenvalue weighted by atomic mass is 10.1. The van der Waals surface area contributed by atoms with Crippen LogP contribution in [0.5, 0.6) is 0 Å². The first-order chi connectivity index (χ1) is 13.4. The molecule has 1 fully saturated rings. The molecule has 0 aliphatic carbocycles. The lowest BCUT2D eigenvalue weighted by Gasteiger charge is -2.37. The van der Waals surface area contributed by atoms with Crippen molar-refractivity contribution in [1.29, 1.82) is 0 Å². The normalized spacial score (nSPS) is 16.5. The number of Topliss-reactive ketones (excluding diaryl/α,β-unsaturated/α-hetero) is 1. The van der Waals surface area contributed by atoms with Crippen molar-refractivity contribution < 1.29 is 9.59 Å². The van der Waals surface area contributed by atoms with Crippen molar-refractivity contribution in [2.45, 2.75) is 26.4 Å². The van der Waals surface area contributed by atoms with Gasteiger partial charge in [-0.25, -0.2) is 0 Å². The minimum absolute atomic E-state index is 0.0130. The van der Waals surface area contributed by atoms with Crippen molar-refractivity contribution >= 4 is 29.0 Å². The van der Waals surface area contributed by atoms with Crippen molar-refractivity contribution in [1.82, 2.24) is 9.80 Å². The number of carbonyl (C=O) groups is 2. The van der Waals surface area contributed by atoms with Gasteiger partial charge in [0.25, 0.3) is 0 Å². The molecule has 1 amide bonds. The van der Waals surface area contributed by atoms with Crippen molar-refractivity contribution in [3.05, 3.63) is 64.7 Å². The third-order valence-electron chi connectivity index (χ3n) is 5.19. The van der Waals surface area contributed by atoms with Gasteiger partial charge in [0.15, 0.2) is 5.78 Å². The molecule has 0 saturated carbocycles. The minimum Gasteiger partial charge on any atom is -0.325 e. The zero-order valence-electron chi connectivity index (χ0n) is 16.3. The Kier molecular flexibility index (Phi) is 6.83. The molecule has 1 saturated heterocycles. The quantitative estimate of drug-likeness (QED) is 0.753. The predicted molar refractivity (Wildman–Crippen MR) is 113 cm³/mol. The number of nitrogens with zero attached hydrogens (tertiary/aromatic N) is 2. The number of piperazine rings is 1. The zero-order valence-corrected chi connectivity index (χ0v) is 17.1. The van der Waals surface area contributed by atoms with Gasteiger partial charge in [-0.1, -0.05) is 35.9 Å². The molecular weight excluding hydrogens is 374 g/mol. The summed E-state index contributed by atoms with van der Waals surface area (Å²) in [5.74, 6) is -0.0622. The second kappa shape index (κ2) is 9.32. The molecule has 2 aromatic rings. The Morgan fingerprint density at radius 3 is 2.39 bits per heavy atom. The Hall–Kier alpha value is -2.21. The fourth-order valence-corrected chi connectivity index (χ4v) is 3.51. The van der Waals surface area contributed by atoms with Crippen LogP contribution in [0.25, 0.3) is 0 Å². The second-order valence-electron chi connectivity index (χ2n) is 7.24. The molecule has 1 aliphatic heterocycles. The van der Waals surface area contributed by atoms with E-state index in [4.69, 9.17) is 11.6 Å². The van der Waals surface area contributed by atoms with Crippen LogP contribution < -0.4 is 5.32 Å². The van der Waals surface area contributed by atoms with E-state index in [1.54, 1.807) is 24.3 Å². The SMILES string of the molecule is CC(=O)c1cccc(NC(=O)[C@H](C)N2CCN(Cc3ccc(Cl)cc3)CC2)c1. The van der Waals surface area contributed by atoms with Crippen LogP contribution in [-0.4, -0.2) is 53.7 Å². The van der Waals surface area contributed by atoms with Crippen LogP contribution in [0.2, 0.25) is 5.02 Å². The van der Waals surface area contributed by atoms with E-state index in [2.05, 4.69) is 27.2 Å². The molecule has 1 aliphatic rings. The number of nitrogens with one attached hydrogen (secondary N) is 1. The fourth-order valence-electron chi connectivity index (χ4n) is 3.39. The third kappa shape index (κ3) is 5.41. The standard InChI is InChI=1S/C22H26ClN3O2/c1-16(22(28)24-21-5-3-4-19(14-21)17(2)27)26-12-10-25(11-13-26)15-18-6-8-20(23)9-7-18/h3-9,14,16H,10-13,15H2,1-2H3,(H,24,28)/t16-/m0/s1. The maximum absolute atomic E-state index is 12.6.